The summed E-state index contributed by atoms with van der Waals surface area (Å²) in [6.45, 7) is 0. The highest BCUT2D eigenvalue weighted by Gasteiger charge is 2.11. The number of nitrogens with zero attached hydrogens (tertiary/aromatic N) is 2. The van der Waals surface area contributed by atoms with Crippen molar-refractivity contribution in [2.24, 2.45) is 0 Å². The first-order valence-corrected chi connectivity index (χ1v) is 7.94. The average Bonchev–Trinajstić information content (AvgIpc) is 2.94. The number of amides is 1. The van der Waals surface area contributed by atoms with E-state index in [1.54, 1.807) is 12.1 Å². The molecule has 2 rings (SSSR count). The summed E-state index contributed by atoms with van der Waals surface area (Å²) in [6, 6.07) is 5.70. The number of benzene rings is 1. The molecule has 0 bridgehead atoms. The number of ether oxygens (including phenoxy) is 1. The first kappa shape index (κ1) is 16.4. The molecule has 0 fully saturated rings. The van der Waals surface area contributed by atoms with Crippen LogP contribution in [0, 0.1) is 5.82 Å². The molecule has 0 saturated carbocycles. The lowest BCUT2D eigenvalue weighted by Crippen LogP contribution is -2.14. The number of halogens is 1. The summed E-state index contributed by atoms with van der Waals surface area (Å²) in [7, 11) is 1.31. The number of aromatic nitrogens is 2. The van der Waals surface area contributed by atoms with Gasteiger partial charge in [-0.05, 0) is 17.7 Å². The van der Waals surface area contributed by atoms with E-state index < -0.39 is 0 Å². The largest absolute Gasteiger partial charge is 0.468 e. The normalized spacial score (nSPS) is 10.3. The van der Waals surface area contributed by atoms with E-state index in [0.29, 0.717) is 15.0 Å². The molecule has 116 valence electrons. The molecule has 9 heteroatoms. The first-order chi connectivity index (χ1) is 10.6. The summed E-state index contributed by atoms with van der Waals surface area (Å²) in [4.78, 5) is 22.9. The van der Waals surface area contributed by atoms with E-state index in [1.807, 2.05) is 0 Å². The van der Waals surface area contributed by atoms with E-state index in [2.05, 4.69) is 20.3 Å². The summed E-state index contributed by atoms with van der Waals surface area (Å²) >= 11 is 2.35. The summed E-state index contributed by atoms with van der Waals surface area (Å²) in [5.41, 5.74) is 0.698. The Kier molecular flexibility index (Phi) is 5.84. The van der Waals surface area contributed by atoms with Gasteiger partial charge in [0.25, 0.3) is 0 Å². The first-order valence-electron chi connectivity index (χ1n) is 6.14. The fraction of sp³-hybridized carbons (Fsp3) is 0.231. The van der Waals surface area contributed by atoms with E-state index in [0.717, 1.165) is 0 Å². The number of hydrogen-bond acceptors (Lipinski definition) is 7. The zero-order chi connectivity index (χ0) is 15.9. The molecule has 1 N–H and O–H groups in total. The molecule has 1 amide bonds. The number of hydrogen-bond donors (Lipinski definition) is 1. The number of esters is 1. The fourth-order valence-corrected chi connectivity index (χ4v) is 3.05. The molecule has 0 aliphatic heterocycles. The third kappa shape index (κ3) is 5.08. The zero-order valence-electron chi connectivity index (χ0n) is 11.5. The van der Waals surface area contributed by atoms with Crippen molar-refractivity contribution >= 4 is 40.1 Å². The molecule has 1 aromatic heterocycles. The number of methoxy groups -OCH3 is 1. The van der Waals surface area contributed by atoms with Crippen molar-refractivity contribution in [2.45, 2.75) is 10.8 Å². The van der Waals surface area contributed by atoms with Crippen LogP contribution >= 0.6 is 23.1 Å². The average molecular weight is 341 g/mol. The van der Waals surface area contributed by atoms with Crippen molar-refractivity contribution < 1.29 is 18.7 Å². The molecule has 2 aromatic rings. The lowest BCUT2D eigenvalue weighted by atomic mass is 10.1. The molecular weight excluding hydrogens is 329 g/mol. The predicted octanol–water partition coefficient (Wildman–Crippen LogP) is 2.12. The van der Waals surface area contributed by atoms with Crippen LogP contribution in [0.1, 0.15) is 5.56 Å². The van der Waals surface area contributed by atoms with Crippen molar-refractivity contribution in [3.8, 4) is 0 Å². The van der Waals surface area contributed by atoms with E-state index in [1.165, 1.54) is 42.3 Å². The number of thioether (sulfide) groups is 1. The predicted molar refractivity (Wildman–Crippen MR) is 81.4 cm³/mol. The van der Waals surface area contributed by atoms with Gasteiger partial charge in [0, 0.05) is 0 Å². The summed E-state index contributed by atoms with van der Waals surface area (Å²) in [6.07, 6.45) is 0.116. The van der Waals surface area contributed by atoms with Gasteiger partial charge in [0.15, 0.2) is 4.34 Å². The van der Waals surface area contributed by atoms with Gasteiger partial charge in [-0.2, -0.15) is 0 Å². The van der Waals surface area contributed by atoms with Gasteiger partial charge >= 0.3 is 5.97 Å². The number of rotatable bonds is 6. The van der Waals surface area contributed by atoms with Crippen LogP contribution in [0.3, 0.4) is 0 Å². The van der Waals surface area contributed by atoms with Gasteiger partial charge in [-0.25, -0.2) is 4.39 Å². The van der Waals surface area contributed by atoms with Crippen LogP contribution in [0.5, 0.6) is 0 Å². The Bertz CT molecular complexity index is 661. The Labute approximate surface area is 134 Å². The highest BCUT2D eigenvalue weighted by atomic mass is 32.2. The Hall–Kier alpha value is -2.00. The second kappa shape index (κ2) is 7.85. The molecule has 0 spiro atoms. The van der Waals surface area contributed by atoms with Gasteiger partial charge < -0.3 is 10.1 Å². The standard InChI is InChI=1S/C13H12FN3O3S2/c1-20-11(19)7-21-13-17-16-12(22-13)15-10(18)6-8-2-4-9(14)5-3-8/h2-5H,6-7H2,1H3,(H,15,16,18). The Morgan fingerprint density at radius 3 is 2.73 bits per heavy atom. The van der Waals surface area contributed by atoms with Crippen LogP contribution in [0.2, 0.25) is 0 Å². The van der Waals surface area contributed by atoms with Crippen LogP contribution in [0.4, 0.5) is 9.52 Å². The Balaban J connectivity index is 1.85. The number of anilines is 1. The maximum atomic E-state index is 12.8. The molecule has 0 atom stereocenters. The molecule has 0 aliphatic rings. The third-order valence-electron chi connectivity index (χ3n) is 2.47. The maximum Gasteiger partial charge on any atom is 0.316 e. The highest BCUT2D eigenvalue weighted by molar-refractivity contribution is 8.01. The molecule has 1 heterocycles. The van der Waals surface area contributed by atoms with E-state index in [9.17, 15) is 14.0 Å². The van der Waals surface area contributed by atoms with Crippen LogP contribution < -0.4 is 5.32 Å². The van der Waals surface area contributed by atoms with Crippen molar-refractivity contribution in [3.05, 3.63) is 35.6 Å². The van der Waals surface area contributed by atoms with Gasteiger partial charge in [0.05, 0.1) is 19.3 Å². The Morgan fingerprint density at radius 2 is 2.05 bits per heavy atom. The minimum Gasteiger partial charge on any atom is -0.468 e. The summed E-state index contributed by atoms with van der Waals surface area (Å²) in [5.74, 6) is -0.843. The van der Waals surface area contributed by atoms with Crippen molar-refractivity contribution in [3.63, 3.8) is 0 Å². The second-order valence-corrected chi connectivity index (χ2v) is 6.29. The van der Waals surface area contributed by atoms with Gasteiger partial charge in [0.1, 0.15) is 5.82 Å². The Morgan fingerprint density at radius 1 is 1.32 bits per heavy atom. The van der Waals surface area contributed by atoms with Crippen LogP contribution in [-0.2, 0) is 20.7 Å². The minimum absolute atomic E-state index is 0.116. The molecule has 1 aromatic carbocycles. The maximum absolute atomic E-state index is 12.8. The monoisotopic (exact) mass is 341 g/mol. The van der Waals surface area contributed by atoms with Gasteiger partial charge in [-0.15, -0.1) is 10.2 Å². The lowest BCUT2D eigenvalue weighted by Gasteiger charge is -2.01. The quantitative estimate of drug-likeness (QED) is 0.492. The molecule has 0 radical (unpaired) electrons. The molecule has 6 nitrogen and oxygen atoms in total. The van der Waals surface area contributed by atoms with Crippen LogP contribution in [0.25, 0.3) is 0 Å². The van der Waals surface area contributed by atoms with Gasteiger partial charge in [0.2, 0.25) is 11.0 Å². The number of carbonyl (C=O) groups is 2. The smallest absolute Gasteiger partial charge is 0.316 e. The van der Waals surface area contributed by atoms with Crippen LogP contribution in [-0.4, -0.2) is 34.9 Å². The molecule has 0 unspecified atom stereocenters. The minimum atomic E-state index is -0.359. The number of nitrogens with one attached hydrogen (secondary N) is 1. The third-order valence-corrected chi connectivity index (χ3v) is 4.42. The van der Waals surface area contributed by atoms with Crippen molar-refractivity contribution in [1.82, 2.24) is 10.2 Å². The van der Waals surface area contributed by atoms with Crippen molar-refractivity contribution in [2.75, 3.05) is 18.2 Å². The zero-order valence-corrected chi connectivity index (χ0v) is 13.2. The summed E-state index contributed by atoms with van der Waals surface area (Å²) < 4.78 is 17.9. The fourth-order valence-electron chi connectivity index (χ4n) is 1.45. The molecule has 0 aliphatic carbocycles. The summed E-state index contributed by atoms with van der Waals surface area (Å²) in [5, 5.41) is 10.6. The van der Waals surface area contributed by atoms with Gasteiger partial charge in [-0.3, -0.25) is 9.59 Å². The van der Waals surface area contributed by atoms with E-state index in [-0.39, 0.29) is 29.9 Å². The highest BCUT2D eigenvalue weighted by Crippen LogP contribution is 2.25. The molecule has 22 heavy (non-hydrogen) atoms. The van der Waals surface area contributed by atoms with Crippen LogP contribution in [0.15, 0.2) is 28.6 Å². The van der Waals surface area contributed by atoms with Gasteiger partial charge in [-0.1, -0.05) is 35.2 Å². The van der Waals surface area contributed by atoms with E-state index >= 15 is 0 Å². The van der Waals surface area contributed by atoms with E-state index in [4.69, 9.17) is 0 Å². The number of carbonyl (C=O) groups excluding carboxylic acids is 2. The topological polar surface area (TPSA) is 81.2 Å². The lowest BCUT2D eigenvalue weighted by molar-refractivity contribution is -0.137. The second-order valence-electron chi connectivity index (χ2n) is 4.09. The molecular formula is C13H12FN3O3S2. The van der Waals surface area contributed by atoms with Crippen molar-refractivity contribution in [1.29, 1.82) is 0 Å². The molecule has 0 saturated heterocycles. The SMILES string of the molecule is COC(=O)CSc1nnc(NC(=O)Cc2ccc(F)cc2)s1.